The van der Waals surface area contributed by atoms with Gasteiger partial charge in [-0.3, -0.25) is 9.69 Å². The van der Waals surface area contributed by atoms with Gasteiger partial charge in [-0.15, -0.1) is 11.3 Å². The van der Waals surface area contributed by atoms with Crippen LogP contribution in [0.5, 0.6) is 11.5 Å². The maximum Gasteiger partial charge on any atom is 0.269 e. The molecule has 2 aromatic carbocycles. The minimum Gasteiger partial charge on any atom is -0.495 e. The third-order valence-electron chi connectivity index (χ3n) is 3.79. The molecule has 0 radical (unpaired) electrons. The standard InChI is InChI=1S/C18H15N3O3S2/c1-23-15-5-3-2-4-13(15)21-14-7-6-12(10-16(14)24-11-17(21)22)26-20-18-19-8-9-25-18/h2-10H,11H2,1H3,(H,19,20). The van der Waals surface area contributed by atoms with Gasteiger partial charge in [0.15, 0.2) is 11.7 Å². The van der Waals surface area contributed by atoms with Gasteiger partial charge in [-0.1, -0.05) is 12.1 Å². The molecule has 4 rings (SSSR count). The summed E-state index contributed by atoms with van der Waals surface area (Å²) in [5, 5.41) is 2.75. The zero-order valence-electron chi connectivity index (χ0n) is 13.8. The Morgan fingerprint density at radius 1 is 1.27 bits per heavy atom. The van der Waals surface area contributed by atoms with Gasteiger partial charge in [0.25, 0.3) is 5.91 Å². The number of methoxy groups -OCH3 is 1. The number of rotatable bonds is 5. The van der Waals surface area contributed by atoms with E-state index in [0.29, 0.717) is 22.9 Å². The highest BCUT2D eigenvalue weighted by molar-refractivity contribution is 8.00. The summed E-state index contributed by atoms with van der Waals surface area (Å²) in [4.78, 5) is 19.3. The van der Waals surface area contributed by atoms with Gasteiger partial charge in [0.05, 0.1) is 18.5 Å². The number of carbonyl (C=O) groups excluding carboxylic acids is 1. The maximum atomic E-state index is 12.5. The smallest absolute Gasteiger partial charge is 0.269 e. The highest BCUT2D eigenvalue weighted by Gasteiger charge is 2.29. The van der Waals surface area contributed by atoms with Crippen LogP contribution in [0.2, 0.25) is 0 Å². The average Bonchev–Trinajstić information content (AvgIpc) is 3.20. The van der Waals surface area contributed by atoms with Crippen LogP contribution in [0.25, 0.3) is 0 Å². The summed E-state index contributed by atoms with van der Waals surface area (Å²) in [6.07, 6.45) is 1.75. The average molecular weight is 385 g/mol. The predicted molar refractivity (Wildman–Crippen MR) is 104 cm³/mol. The third kappa shape index (κ3) is 3.21. The number of fused-ring (bicyclic) bond motifs is 1. The van der Waals surface area contributed by atoms with E-state index in [2.05, 4.69) is 9.71 Å². The lowest BCUT2D eigenvalue weighted by molar-refractivity contribution is -0.120. The fourth-order valence-corrected chi connectivity index (χ4v) is 3.90. The van der Waals surface area contributed by atoms with Gasteiger partial charge < -0.3 is 14.2 Å². The number of hydrogen-bond donors (Lipinski definition) is 1. The Labute approximate surface area is 158 Å². The van der Waals surface area contributed by atoms with E-state index in [1.54, 1.807) is 18.2 Å². The predicted octanol–water partition coefficient (Wildman–Crippen LogP) is 4.33. The number of amides is 1. The van der Waals surface area contributed by atoms with E-state index >= 15 is 0 Å². The number of hydrogen-bond acceptors (Lipinski definition) is 7. The van der Waals surface area contributed by atoms with E-state index in [1.165, 1.54) is 23.3 Å². The van der Waals surface area contributed by atoms with Crippen molar-refractivity contribution in [1.29, 1.82) is 0 Å². The van der Waals surface area contributed by atoms with Crippen LogP contribution in [0.1, 0.15) is 0 Å². The van der Waals surface area contributed by atoms with E-state index in [1.807, 2.05) is 47.8 Å². The van der Waals surface area contributed by atoms with Crippen molar-refractivity contribution in [2.24, 2.45) is 0 Å². The molecule has 0 saturated carbocycles. The van der Waals surface area contributed by atoms with Crippen molar-refractivity contribution in [3.8, 4) is 11.5 Å². The van der Waals surface area contributed by atoms with Gasteiger partial charge >= 0.3 is 0 Å². The van der Waals surface area contributed by atoms with E-state index in [-0.39, 0.29) is 12.5 Å². The zero-order valence-corrected chi connectivity index (χ0v) is 15.5. The molecule has 0 unspecified atom stereocenters. The summed E-state index contributed by atoms with van der Waals surface area (Å²) in [6, 6.07) is 13.2. The highest BCUT2D eigenvalue weighted by Crippen LogP contribution is 2.42. The minimum absolute atomic E-state index is 0.0148. The third-order valence-corrected chi connectivity index (χ3v) is 5.39. The fraction of sp³-hybridized carbons (Fsp3) is 0.111. The van der Waals surface area contributed by atoms with Crippen LogP contribution in [0.15, 0.2) is 58.9 Å². The Bertz CT molecular complexity index is 931. The lowest BCUT2D eigenvalue weighted by Gasteiger charge is -2.30. The number of nitrogens with one attached hydrogen (secondary N) is 1. The number of anilines is 3. The van der Waals surface area contributed by atoms with Crippen molar-refractivity contribution in [3.05, 3.63) is 54.0 Å². The molecule has 1 aliphatic rings. The molecule has 26 heavy (non-hydrogen) atoms. The van der Waals surface area contributed by atoms with Crippen molar-refractivity contribution < 1.29 is 14.3 Å². The monoisotopic (exact) mass is 385 g/mol. The second-order valence-corrected chi connectivity index (χ2v) is 7.13. The van der Waals surface area contributed by atoms with Crippen LogP contribution in [-0.4, -0.2) is 24.6 Å². The molecule has 2 heterocycles. The number of ether oxygens (including phenoxy) is 2. The summed E-state index contributed by atoms with van der Waals surface area (Å²) in [5.74, 6) is 1.15. The first-order valence-electron chi connectivity index (χ1n) is 7.81. The van der Waals surface area contributed by atoms with Crippen LogP contribution >= 0.6 is 23.3 Å². The summed E-state index contributed by atoms with van der Waals surface area (Å²) in [6.45, 7) is -0.0148. The second-order valence-electron chi connectivity index (χ2n) is 5.36. The Kier molecular flexibility index (Phi) is 4.68. The molecular weight excluding hydrogens is 370 g/mol. The van der Waals surface area contributed by atoms with E-state index in [0.717, 1.165) is 10.0 Å². The first-order valence-corrected chi connectivity index (χ1v) is 9.51. The Morgan fingerprint density at radius 3 is 2.96 bits per heavy atom. The number of nitrogens with zero attached hydrogens (tertiary/aromatic N) is 2. The SMILES string of the molecule is COc1ccccc1N1C(=O)COc2cc(SNc3nccs3)ccc21. The number of para-hydroxylation sites is 2. The molecule has 0 bridgehead atoms. The molecule has 0 atom stereocenters. The van der Waals surface area contributed by atoms with E-state index in [4.69, 9.17) is 9.47 Å². The van der Waals surface area contributed by atoms with Crippen molar-refractivity contribution in [3.63, 3.8) is 0 Å². The Balaban J connectivity index is 1.64. The normalized spacial score (nSPS) is 13.1. The van der Waals surface area contributed by atoms with E-state index < -0.39 is 0 Å². The topological polar surface area (TPSA) is 63.7 Å². The quantitative estimate of drug-likeness (QED) is 0.660. The minimum atomic E-state index is -0.136. The molecule has 1 amide bonds. The van der Waals surface area contributed by atoms with Gasteiger partial charge in [-0.05, 0) is 42.3 Å². The number of benzene rings is 2. The van der Waals surface area contributed by atoms with Crippen molar-refractivity contribution >= 4 is 45.7 Å². The van der Waals surface area contributed by atoms with Crippen LogP contribution in [0.4, 0.5) is 16.5 Å². The number of carbonyl (C=O) groups is 1. The van der Waals surface area contributed by atoms with E-state index in [9.17, 15) is 4.79 Å². The Morgan fingerprint density at radius 2 is 2.15 bits per heavy atom. The lowest BCUT2D eigenvalue weighted by Crippen LogP contribution is -2.35. The first-order chi connectivity index (χ1) is 12.8. The largest absolute Gasteiger partial charge is 0.495 e. The van der Waals surface area contributed by atoms with Gasteiger partial charge in [-0.25, -0.2) is 4.98 Å². The van der Waals surface area contributed by atoms with Gasteiger partial charge in [0, 0.05) is 16.5 Å². The van der Waals surface area contributed by atoms with Crippen molar-refractivity contribution in [2.45, 2.75) is 4.90 Å². The summed E-state index contributed by atoms with van der Waals surface area (Å²) in [5.41, 5.74) is 1.40. The molecular formula is C18H15N3O3S2. The summed E-state index contributed by atoms with van der Waals surface area (Å²) in [7, 11) is 1.59. The fourth-order valence-electron chi connectivity index (χ4n) is 2.65. The molecule has 6 nitrogen and oxygen atoms in total. The van der Waals surface area contributed by atoms with Gasteiger partial charge in [0.1, 0.15) is 11.5 Å². The lowest BCUT2D eigenvalue weighted by atomic mass is 10.2. The van der Waals surface area contributed by atoms with Crippen LogP contribution < -0.4 is 19.1 Å². The first kappa shape index (κ1) is 16.7. The zero-order chi connectivity index (χ0) is 17.9. The Hall–Kier alpha value is -2.71. The van der Waals surface area contributed by atoms with Gasteiger partial charge in [-0.2, -0.15) is 0 Å². The van der Waals surface area contributed by atoms with Crippen molar-refractivity contribution in [1.82, 2.24) is 4.98 Å². The highest BCUT2D eigenvalue weighted by atomic mass is 32.2. The van der Waals surface area contributed by atoms with Crippen LogP contribution in [0, 0.1) is 0 Å². The molecule has 0 saturated heterocycles. The molecule has 0 spiro atoms. The van der Waals surface area contributed by atoms with Crippen LogP contribution in [0.3, 0.4) is 0 Å². The molecule has 1 N–H and O–H groups in total. The summed E-state index contributed by atoms with van der Waals surface area (Å²) >= 11 is 2.98. The molecule has 0 aliphatic carbocycles. The summed E-state index contributed by atoms with van der Waals surface area (Å²) < 4.78 is 14.2. The second kappa shape index (κ2) is 7.27. The number of thiazole rings is 1. The molecule has 1 aliphatic heterocycles. The molecule has 8 heteroatoms. The molecule has 0 fully saturated rings. The molecule has 3 aromatic rings. The molecule has 1 aromatic heterocycles. The molecule has 132 valence electrons. The number of aromatic nitrogens is 1. The van der Waals surface area contributed by atoms with Gasteiger partial charge in [0.2, 0.25) is 0 Å². The van der Waals surface area contributed by atoms with Crippen molar-refractivity contribution in [2.75, 3.05) is 23.3 Å². The maximum absolute atomic E-state index is 12.5. The van der Waals surface area contributed by atoms with Crippen LogP contribution in [-0.2, 0) is 4.79 Å².